The number of nitrogens with one attached hydrogen (secondary N) is 1. The van der Waals surface area contributed by atoms with Crippen LogP contribution in [0.5, 0.6) is 0 Å². The van der Waals surface area contributed by atoms with E-state index < -0.39 is 0 Å². The van der Waals surface area contributed by atoms with Crippen molar-refractivity contribution in [3.8, 4) is 0 Å². The van der Waals surface area contributed by atoms with Gasteiger partial charge in [0, 0.05) is 23.0 Å². The summed E-state index contributed by atoms with van der Waals surface area (Å²) in [7, 11) is 0. The number of H-pyrrole nitrogens is 1. The monoisotopic (exact) mass is 436 g/mol. The van der Waals surface area contributed by atoms with Crippen LogP contribution < -0.4 is 0 Å². The molecule has 0 spiro atoms. The fourth-order valence-corrected chi connectivity index (χ4v) is 5.97. The van der Waals surface area contributed by atoms with Gasteiger partial charge in [-0.2, -0.15) is 0 Å². The molecule has 3 nitrogen and oxygen atoms in total. The zero-order valence-corrected chi connectivity index (χ0v) is 18.7. The van der Waals surface area contributed by atoms with Crippen LogP contribution in [0.15, 0.2) is 78.9 Å². The van der Waals surface area contributed by atoms with Crippen molar-refractivity contribution in [2.24, 2.45) is 0 Å². The maximum atomic E-state index is 13.8. The van der Waals surface area contributed by atoms with E-state index in [2.05, 4.69) is 89.6 Å². The Bertz CT molecular complexity index is 1340. The number of nitrogens with zero attached hydrogens (tertiary/aromatic N) is 1. The number of ketones is 1. The van der Waals surface area contributed by atoms with Crippen molar-refractivity contribution in [2.75, 3.05) is 0 Å². The molecular weight excluding hydrogens is 412 g/mol. The number of aromatic amines is 1. The number of aryl methyl sites for hydroxylation is 1. The van der Waals surface area contributed by atoms with E-state index in [1.807, 2.05) is 6.07 Å². The molecule has 6 rings (SSSR count). The van der Waals surface area contributed by atoms with E-state index >= 15 is 0 Å². The first kappa shape index (κ1) is 19.4. The number of aromatic nitrogens is 1. The van der Waals surface area contributed by atoms with Crippen LogP contribution in [-0.2, 0) is 17.6 Å². The highest BCUT2D eigenvalue weighted by Crippen LogP contribution is 2.47. The highest BCUT2D eigenvalue weighted by molar-refractivity contribution is 7.80. The highest BCUT2D eigenvalue weighted by Gasteiger charge is 2.51. The molecule has 32 heavy (non-hydrogen) atoms. The minimum absolute atomic E-state index is 0.0892. The third kappa shape index (κ3) is 2.79. The van der Waals surface area contributed by atoms with Crippen molar-refractivity contribution < 1.29 is 4.79 Å². The Morgan fingerprint density at radius 2 is 1.66 bits per heavy atom. The summed E-state index contributed by atoms with van der Waals surface area (Å²) in [6.07, 6.45) is 1.67. The lowest BCUT2D eigenvalue weighted by atomic mass is 9.87. The molecule has 3 aromatic carbocycles. The second kappa shape index (κ2) is 7.42. The first-order chi connectivity index (χ1) is 15.7. The molecule has 0 unspecified atom stereocenters. The molecule has 1 aromatic heterocycles. The van der Waals surface area contributed by atoms with Crippen LogP contribution in [0.2, 0.25) is 0 Å². The van der Waals surface area contributed by atoms with Crippen LogP contribution in [0.3, 0.4) is 0 Å². The van der Waals surface area contributed by atoms with Gasteiger partial charge in [-0.25, -0.2) is 0 Å². The Morgan fingerprint density at radius 1 is 0.938 bits per heavy atom. The lowest BCUT2D eigenvalue weighted by Gasteiger charge is -2.38. The Morgan fingerprint density at radius 3 is 2.41 bits per heavy atom. The highest BCUT2D eigenvalue weighted by atomic mass is 32.1. The number of hydrogen-bond donors (Lipinski definition) is 1. The Hall–Kier alpha value is -3.24. The smallest absolute Gasteiger partial charge is 0.169 e. The van der Waals surface area contributed by atoms with Gasteiger partial charge in [-0.1, -0.05) is 91.9 Å². The first-order valence-electron chi connectivity index (χ1n) is 11.3. The fourth-order valence-electron chi connectivity index (χ4n) is 5.48. The number of carbonyl (C=O) groups excluding carboxylic acids is 1. The molecule has 0 amide bonds. The van der Waals surface area contributed by atoms with E-state index in [-0.39, 0.29) is 23.8 Å². The van der Waals surface area contributed by atoms with Crippen molar-refractivity contribution in [3.63, 3.8) is 0 Å². The van der Waals surface area contributed by atoms with Crippen LogP contribution in [0.1, 0.15) is 46.8 Å². The Balaban J connectivity index is 1.51. The number of hydrogen-bond acceptors (Lipinski definition) is 2. The molecule has 0 aliphatic carbocycles. The lowest BCUT2D eigenvalue weighted by Crippen LogP contribution is -2.43. The van der Waals surface area contributed by atoms with Gasteiger partial charge in [0.05, 0.1) is 23.0 Å². The van der Waals surface area contributed by atoms with E-state index in [0.717, 1.165) is 33.7 Å². The zero-order valence-electron chi connectivity index (χ0n) is 17.9. The van der Waals surface area contributed by atoms with Crippen LogP contribution in [0.25, 0.3) is 10.9 Å². The molecular formula is C28H24N2OS. The molecule has 1 N–H and O–H groups in total. The third-order valence-electron chi connectivity index (χ3n) is 7.08. The van der Waals surface area contributed by atoms with Gasteiger partial charge in [-0.05, 0) is 34.7 Å². The molecule has 0 saturated carbocycles. The molecule has 0 bridgehead atoms. The van der Waals surface area contributed by atoms with Crippen molar-refractivity contribution in [1.29, 1.82) is 0 Å². The number of para-hydroxylation sites is 1. The van der Waals surface area contributed by atoms with Gasteiger partial charge in [0.25, 0.3) is 0 Å². The third-order valence-corrected chi connectivity index (χ3v) is 7.53. The molecule has 0 radical (unpaired) electrons. The van der Waals surface area contributed by atoms with E-state index in [1.165, 1.54) is 16.5 Å². The van der Waals surface area contributed by atoms with Crippen LogP contribution in [-0.4, -0.2) is 26.7 Å². The summed E-state index contributed by atoms with van der Waals surface area (Å²) < 4.78 is 0. The molecule has 4 aromatic rings. The summed E-state index contributed by atoms with van der Waals surface area (Å²) in [5.74, 6) is -0.140. The van der Waals surface area contributed by atoms with Gasteiger partial charge in [-0.15, -0.1) is 0 Å². The van der Waals surface area contributed by atoms with Gasteiger partial charge in [0.2, 0.25) is 0 Å². The van der Waals surface area contributed by atoms with Gasteiger partial charge < -0.3 is 9.88 Å². The largest absolute Gasteiger partial charge is 0.356 e. The van der Waals surface area contributed by atoms with Crippen molar-refractivity contribution in [2.45, 2.75) is 37.8 Å². The Labute approximate surface area is 193 Å². The van der Waals surface area contributed by atoms with Crippen LogP contribution >= 0.6 is 12.2 Å². The van der Waals surface area contributed by atoms with Gasteiger partial charge in [0.1, 0.15) is 0 Å². The maximum absolute atomic E-state index is 13.8. The number of benzene rings is 3. The second-order valence-corrected chi connectivity index (χ2v) is 9.19. The summed E-state index contributed by atoms with van der Waals surface area (Å²) >= 11 is 6.04. The van der Waals surface area contributed by atoms with Gasteiger partial charge in [-0.3, -0.25) is 4.79 Å². The van der Waals surface area contributed by atoms with Crippen molar-refractivity contribution in [3.05, 3.63) is 107 Å². The summed E-state index contributed by atoms with van der Waals surface area (Å²) in [5.41, 5.74) is 6.95. The second-order valence-electron chi connectivity index (χ2n) is 8.77. The molecule has 1 saturated heterocycles. The average Bonchev–Trinajstić information content (AvgIpc) is 3.33. The van der Waals surface area contributed by atoms with Crippen LogP contribution in [0, 0.1) is 0 Å². The number of thiocarbonyl (C=S) groups is 1. The zero-order chi connectivity index (χ0) is 21.8. The molecule has 2 aliphatic rings. The predicted octanol–water partition coefficient (Wildman–Crippen LogP) is 5.74. The predicted molar refractivity (Wildman–Crippen MR) is 132 cm³/mol. The average molecular weight is 437 g/mol. The SMILES string of the molecule is CCc1ccc([C@@H]2C(=O)[C@H]3Cc4c([nH]c5ccccc45)[C@H](c4ccccc4)N3C2=S)cc1. The van der Waals surface area contributed by atoms with E-state index in [0.29, 0.717) is 6.42 Å². The van der Waals surface area contributed by atoms with Crippen molar-refractivity contribution in [1.82, 2.24) is 9.88 Å². The summed E-state index contributed by atoms with van der Waals surface area (Å²) in [5, 5.41) is 1.21. The number of Topliss-reactive ketones (excluding diaryl/α,β-unsaturated/α-hetero) is 1. The molecule has 3 atom stereocenters. The molecule has 4 heteroatoms. The van der Waals surface area contributed by atoms with Gasteiger partial charge in [0.15, 0.2) is 5.78 Å². The molecule has 3 heterocycles. The quantitative estimate of drug-likeness (QED) is 0.416. The number of fused-ring (bicyclic) bond motifs is 4. The Kier molecular flexibility index (Phi) is 4.51. The maximum Gasteiger partial charge on any atom is 0.169 e. The minimum Gasteiger partial charge on any atom is -0.356 e. The van der Waals surface area contributed by atoms with E-state index in [9.17, 15) is 4.79 Å². The summed E-state index contributed by atoms with van der Waals surface area (Å²) in [6, 6.07) is 26.9. The molecule has 158 valence electrons. The van der Waals surface area contributed by atoms with E-state index in [4.69, 9.17) is 12.2 Å². The van der Waals surface area contributed by atoms with E-state index in [1.54, 1.807) is 0 Å². The van der Waals surface area contributed by atoms with Crippen LogP contribution in [0.4, 0.5) is 0 Å². The number of rotatable bonds is 3. The summed E-state index contributed by atoms with van der Waals surface area (Å²) in [6.45, 7) is 2.14. The lowest BCUT2D eigenvalue weighted by molar-refractivity contribution is -0.121. The molecule has 1 fully saturated rings. The van der Waals surface area contributed by atoms with Crippen molar-refractivity contribution >= 4 is 33.9 Å². The molecule has 2 aliphatic heterocycles. The fraction of sp³-hybridized carbons (Fsp3) is 0.214. The normalized spacial score (nSPS) is 22.3. The standard InChI is InChI=1S/C28H24N2OS/c1-2-17-12-14-18(15-13-17)24-27(31)23-16-21-20-10-6-7-11-22(20)29-25(21)26(30(23)28(24)32)19-8-4-3-5-9-19/h3-15,23-24,26,29H,2,16H2,1H3/t23-,24-,26+/m1/s1. The summed E-state index contributed by atoms with van der Waals surface area (Å²) in [4.78, 5) is 20.4. The first-order valence-corrected chi connectivity index (χ1v) is 11.7. The van der Waals surface area contributed by atoms with Gasteiger partial charge >= 0.3 is 0 Å². The number of carbonyl (C=O) groups is 1. The topological polar surface area (TPSA) is 36.1 Å². The minimum atomic E-state index is -0.359.